The van der Waals surface area contributed by atoms with E-state index < -0.39 is 0 Å². The van der Waals surface area contributed by atoms with Gasteiger partial charge in [0.25, 0.3) is 0 Å². The first kappa shape index (κ1) is 16.1. The van der Waals surface area contributed by atoms with E-state index in [0.717, 1.165) is 35.0 Å². The Kier molecular flexibility index (Phi) is 4.29. The number of rotatable bonds is 4. The second-order valence-corrected chi connectivity index (χ2v) is 10.1. The summed E-state index contributed by atoms with van der Waals surface area (Å²) in [4.78, 5) is 26.1. The second kappa shape index (κ2) is 6.14. The van der Waals surface area contributed by atoms with Crippen LogP contribution in [0.4, 0.5) is 0 Å². The maximum absolute atomic E-state index is 13.5. The predicted octanol–water partition coefficient (Wildman–Crippen LogP) is 4.03. The number of Topliss-reactive ketones (excluding diaryl/α,β-unsaturated/α-hetero) is 1. The molecule has 4 aliphatic carbocycles. The van der Waals surface area contributed by atoms with E-state index in [4.69, 9.17) is 4.74 Å². The van der Waals surface area contributed by atoms with Gasteiger partial charge < -0.3 is 4.74 Å². The van der Waals surface area contributed by atoms with Crippen LogP contribution in [0.1, 0.15) is 45.4 Å². The zero-order chi connectivity index (χ0) is 16.0. The molecule has 1 heterocycles. The quantitative estimate of drug-likeness (QED) is 0.331. The molecule has 5 heteroatoms. The third kappa shape index (κ3) is 2.78. The fourth-order valence-corrected chi connectivity index (χ4v) is 8.09. The van der Waals surface area contributed by atoms with Crippen molar-refractivity contribution in [3.05, 3.63) is 9.81 Å². The fraction of sp³-hybridized carbons (Fsp3) is 0.778. The van der Waals surface area contributed by atoms with Crippen LogP contribution in [0.2, 0.25) is 0 Å². The van der Waals surface area contributed by atoms with Gasteiger partial charge in [-0.05, 0) is 63.2 Å². The standard InChI is InChI=1S/C18H24O3S2/c1-2-21-16(20)14(17-22-3-4-23-17)15(19)18-8-11-5-12(9-18)7-13(6-11)10-18/h11-13H,2-10H2,1H3. The molecule has 23 heavy (non-hydrogen) atoms. The summed E-state index contributed by atoms with van der Waals surface area (Å²) in [5.41, 5.74) is 0.134. The predicted molar refractivity (Wildman–Crippen MR) is 94.2 cm³/mol. The van der Waals surface area contributed by atoms with E-state index in [-0.39, 0.29) is 17.2 Å². The highest BCUT2D eigenvalue weighted by Crippen LogP contribution is 2.61. The number of carbonyl (C=O) groups excluding carboxylic acids is 2. The molecular formula is C18H24O3S2. The van der Waals surface area contributed by atoms with Gasteiger partial charge in [-0.2, -0.15) is 0 Å². The van der Waals surface area contributed by atoms with Crippen molar-refractivity contribution >= 4 is 35.3 Å². The minimum Gasteiger partial charge on any atom is -0.462 e. The van der Waals surface area contributed by atoms with E-state index in [1.165, 1.54) is 19.3 Å². The molecule has 4 bridgehead atoms. The molecule has 0 aromatic rings. The van der Waals surface area contributed by atoms with Crippen LogP contribution in [0, 0.1) is 23.2 Å². The van der Waals surface area contributed by atoms with Crippen LogP contribution < -0.4 is 0 Å². The highest BCUT2D eigenvalue weighted by Gasteiger charge is 2.56. The molecule has 1 aliphatic heterocycles. The van der Waals surface area contributed by atoms with Crippen molar-refractivity contribution in [3.8, 4) is 0 Å². The molecule has 0 aromatic carbocycles. The lowest BCUT2D eigenvalue weighted by Crippen LogP contribution is -2.51. The molecule has 1 saturated heterocycles. The Morgan fingerprint density at radius 1 is 1.04 bits per heavy atom. The maximum atomic E-state index is 13.5. The van der Waals surface area contributed by atoms with Crippen LogP contribution in [-0.2, 0) is 14.3 Å². The lowest BCUT2D eigenvalue weighted by atomic mass is 9.48. The zero-order valence-electron chi connectivity index (χ0n) is 13.6. The van der Waals surface area contributed by atoms with Crippen LogP contribution in [0.15, 0.2) is 9.81 Å². The summed E-state index contributed by atoms with van der Waals surface area (Å²) in [5, 5.41) is 0. The summed E-state index contributed by atoms with van der Waals surface area (Å²) in [6, 6.07) is 0. The van der Waals surface area contributed by atoms with Gasteiger partial charge in [-0.1, -0.05) is 0 Å². The summed E-state index contributed by atoms with van der Waals surface area (Å²) >= 11 is 3.32. The molecule has 0 N–H and O–H groups in total. The van der Waals surface area contributed by atoms with Crippen molar-refractivity contribution in [2.45, 2.75) is 45.4 Å². The summed E-state index contributed by atoms with van der Waals surface area (Å²) in [6.07, 6.45) is 6.93. The second-order valence-electron chi connectivity index (χ2n) is 7.61. The number of ether oxygens (including phenoxy) is 1. The summed E-state index contributed by atoms with van der Waals surface area (Å²) < 4.78 is 6.18. The molecule has 4 saturated carbocycles. The van der Waals surface area contributed by atoms with Gasteiger partial charge >= 0.3 is 5.97 Å². The Hall–Kier alpha value is -0.420. The van der Waals surface area contributed by atoms with Gasteiger partial charge in [0.1, 0.15) is 5.57 Å². The molecule has 126 valence electrons. The summed E-state index contributed by atoms with van der Waals surface area (Å²) in [5.74, 6) is 3.83. The molecule has 3 nitrogen and oxygen atoms in total. The van der Waals surface area contributed by atoms with Gasteiger partial charge in [0.2, 0.25) is 0 Å². The van der Waals surface area contributed by atoms with Gasteiger partial charge in [-0.25, -0.2) is 4.79 Å². The maximum Gasteiger partial charge on any atom is 0.343 e. The average molecular weight is 353 g/mol. The van der Waals surface area contributed by atoms with Gasteiger partial charge in [0.15, 0.2) is 5.78 Å². The molecule has 0 aromatic heterocycles. The Morgan fingerprint density at radius 2 is 1.57 bits per heavy atom. The lowest BCUT2D eigenvalue weighted by molar-refractivity contribution is -0.147. The van der Waals surface area contributed by atoms with E-state index >= 15 is 0 Å². The third-order valence-corrected chi connectivity index (χ3v) is 8.69. The Labute approximate surface area is 146 Å². The van der Waals surface area contributed by atoms with Crippen molar-refractivity contribution in [1.29, 1.82) is 0 Å². The molecule has 5 fully saturated rings. The zero-order valence-corrected chi connectivity index (χ0v) is 15.3. The Balaban J connectivity index is 1.68. The van der Waals surface area contributed by atoms with Crippen molar-refractivity contribution in [3.63, 3.8) is 0 Å². The minimum absolute atomic E-state index is 0.118. The highest BCUT2D eigenvalue weighted by atomic mass is 32.2. The average Bonchev–Trinajstić information content (AvgIpc) is 3.00. The molecule has 5 rings (SSSR count). The number of thioether (sulfide) groups is 2. The van der Waals surface area contributed by atoms with Crippen LogP contribution >= 0.6 is 23.5 Å². The van der Waals surface area contributed by atoms with Crippen LogP contribution in [-0.4, -0.2) is 29.9 Å². The topological polar surface area (TPSA) is 43.4 Å². The Bertz CT molecular complexity index is 523. The van der Waals surface area contributed by atoms with Gasteiger partial charge in [-0.15, -0.1) is 23.5 Å². The van der Waals surface area contributed by atoms with E-state index in [1.54, 1.807) is 23.5 Å². The van der Waals surface area contributed by atoms with E-state index in [1.807, 2.05) is 6.92 Å². The third-order valence-electron chi connectivity index (χ3n) is 5.98. The van der Waals surface area contributed by atoms with Gasteiger partial charge in [0, 0.05) is 16.9 Å². The van der Waals surface area contributed by atoms with Crippen molar-refractivity contribution in [1.82, 2.24) is 0 Å². The monoisotopic (exact) mass is 352 g/mol. The molecule has 0 atom stereocenters. The van der Waals surface area contributed by atoms with Crippen molar-refractivity contribution in [2.24, 2.45) is 23.2 Å². The first-order valence-corrected chi connectivity index (χ1v) is 10.8. The molecule has 0 unspecified atom stereocenters. The van der Waals surface area contributed by atoms with E-state index in [9.17, 15) is 9.59 Å². The van der Waals surface area contributed by atoms with Crippen molar-refractivity contribution < 1.29 is 14.3 Å². The number of carbonyl (C=O) groups is 2. The largest absolute Gasteiger partial charge is 0.462 e. The number of esters is 1. The van der Waals surface area contributed by atoms with Gasteiger partial charge in [-0.3, -0.25) is 4.79 Å². The first-order chi connectivity index (χ1) is 11.1. The van der Waals surface area contributed by atoms with Crippen molar-refractivity contribution in [2.75, 3.05) is 18.1 Å². The van der Waals surface area contributed by atoms with Crippen LogP contribution in [0.3, 0.4) is 0 Å². The Morgan fingerprint density at radius 3 is 2.04 bits per heavy atom. The number of hydrogen-bond acceptors (Lipinski definition) is 5. The van der Waals surface area contributed by atoms with E-state index in [2.05, 4.69) is 0 Å². The smallest absolute Gasteiger partial charge is 0.343 e. The van der Waals surface area contributed by atoms with E-state index in [0.29, 0.717) is 29.9 Å². The molecule has 0 amide bonds. The number of ketones is 1. The summed E-state index contributed by atoms with van der Waals surface area (Å²) in [6.45, 7) is 2.14. The highest BCUT2D eigenvalue weighted by molar-refractivity contribution is 8.25. The SMILES string of the molecule is CCOC(=O)C(C(=O)C12CC3CC(CC(C3)C1)C2)=C1SCCS1. The molecule has 5 aliphatic rings. The fourth-order valence-electron chi connectivity index (χ4n) is 5.58. The van der Waals surface area contributed by atoms with Crippen LogP contribution in [0.5, 0.6) is 0 Å². The molecule has 0 radical (unpaired) electrons. The van der Waals surface area contributed by atoms with Crippen LogP contribution in [0.25, 0.3) is 0 Å². The molecular weight excluding hydrogens is 328 g/mol. The lowest BCUT2D eigenvalue weighted by Gasteiger charge is -2.56. The number of hydrogen-bond donors (Lipinski definition) is 0. The molecule has 0 spiro atoms. The van der Waals surface area contributed by atoms with Gasteiger partial charge in [0.05, 0.1) is 10.8 Å². The summed E-state index contributed by atoms with van der Waals surface area (Å²) in [7, 11) is 0. The normalized spacial score (nSPS) is 38.0. The first-order valence-electron chi connectivity index (χ1n) is 8.83. The minimum atomic E-state index is -0.384.